The zero-order valence-electron chi connectivity index (χ0n) is 10.7. The Morgan fingerprint density at radius 3 is 2.47 bits per heavy atom. The van der Waals surface area contributed by atoms with Gasteiger partial charge in [-0.25, -0.2) is 4.39 Å². The molecule has 0 aromatic heterocycles. The third kappa shape index (κ3) is 3.14. The molecule has 100 valence electrons. The van der Waals surface area contributed by atoms with E-state index in [1.54, 1.807) is 25.3 Å². The van der Waals surface area contributed by atoms with Gasteiger partial charge in [0.05, 0.1) is 7.11 Å². The molecule has 2 rings (SSSR count). The van der Waals surface area contributed by atoms with Gasteiger partial charge in [-0.15, -0.1) is 0 Å². The first kappa shape index (κ1) is 14.0. The van der Waals surface area contributed by atoms with Crippen molar-refractivity contribution in [3.63, 3.8) is 0 Å². The molecule has 0 heterocycles. The third-order valence-corrected chi connectivity index (χ3v) is 3.39. The van der Waals surface area contributed by atoms with Crippen LogP contribution in [0.3, 0.4) is 0 Å². The predicted molar refractivity (Wildman–Crippen MR) is 75.9 cm³/mol. The summed E-state index contributed by atoms with van der Waals surface area (Å²) in [5, 5.41) is 10.3. The van der Waals surface area contributed by atoms with Crippen LogP contribution in [0.4, 0.5) is 4.39 Å². The van der Waals surface area contributed by atoms with Gasteiger partial charge in [0.15, 0.2) is 0 Å². The predicted octanol–water partition coefficient (Wildman–Crippen LogP) is 3.99. The van der Waals surface area contributed by atoms with Crippen molar-refractivity contribution in [3.8, 4) is 5.75 Å². The van der Waals surface area contributed by atoms with E-state index in [2.05, 4.69) is 15.9 Å². The van der Waals surface area contributed by atoms with Gasteiger partial charge in [0.1, 0.15) is 17.7 Å². The number of benzene rings is 2. The molecule has 2 aromatic carbocycles. The second-order valence-electron chi connectivity index (χ2n) is 4.33. The minimum absolute atomic E-state index is 0.381. The molecule has 1 atom stereocenters. The number of aliphatic hydroxyl groups is 1. The smallest absolute Gasteiger partial charge is 0.124 e. The van der Waals surface area contributed by atoms with Gasteiger partial charge in [-0.2, -0.15) is 0 Å². The number of aryl methyl sites for hydroxylation is 1. The fourth-order valence-corrected chi connectivity index (χ4v) is 2.48. The van der Waals surface area contributed by atoms with Crippen molar-refractivity contribution in [2.75, 3.05) is 7.11 Å². The highest BCUT2D eigenvalue weighted by Gasteiger charge is 2.13. The lowest BCUT2D eigenvalue weighted by molar-refractivity contribution is 0.219. The maximum Gasteiger partial charge on any atom is 0.124 e. The fourth-order valence-electron chi connectivity index (χ4n) is 2.00. The Balaban J connectivity index is 2.38. The van der Waals surface area contributed by atoms with E-state index < -0.39 is 6.10 Å². The lowest BCUT2D eigenvalue weighted by Gasteiger charge is -2.14. The Kier molecular flexibility index (Phi) is 4.22. The Hall–Kier alpha value is -1.39. The normalized spacial score (nSPS) is 12.3. The molecular weight excluding hydrogens is 311 g/mol. The summed E-state index contributed by atoms with van der Waals surface area (Å²) >= 11 is 3.22. The molecule has 0 fully saturated rings. The molecule has 1 unspecified atom stereocenters. The molecule has 0 saturated carbocycles. The maximum absolute atomic E-state index is 13.3. The van der Waals surface area contributed by atoms with Crippen LogP contribution < -0.4 is 4.74 Å². The largest absolute Gasteiger partial charge is 0.496 e. The van der Waals surface area contributed by atoms with Gasteiger partial charge >= 0.3 is 0 Å². The van der Waals surface area contributed by atoms with Crippen LogP contribution in [0.25, 0.3) is 0 Å². The molecule has 0 amide bonds. The van der Waals surface area contributed by atoms with Crippen molar-refractivity contribution in [2.24, 2.45) is 0 Å². The van der Waals surface area contributed by atoms with Gasteiger partial charge in [0.25, 0.3) is 0 Å². The van der Waals surface area contributed by atoms with Crippen LogP contribution in [0.15, 0.2) is 40.9 Å². The van der Waals surface area contributed by atoms with E-state index in [1.807, 2.05) is 13.0 Å². The topological polar surface area (TPSA) is 29.5 Å². The summed E-state index contributed by atoms with van der Waals surface area (Å²) in [5.41, 5.74) is 2.14. The molecule has 0 spiro atoms. The molecule has 0 aliphatic heterocycles. The Morgan fingerprint density at radius 1 is 1.16 bits per heavy atom. The van der Waals surface area contributed by atoms with Crippen LogP contribution in [0.2, 0.25) is 0 Å². The molecular formula is C15H14BrFO2. The summed E-state index contributed by atoms with van der Waals surface area (Å²) in [6, 6.07) is 9.79. The molecule has 0 radical (unpaired) electrons. The van der Waals surface area contributed by atoms with E-state index in [4.69, 9.17) is 4.74 Å². The van der Waals surface area contributed by atoms with Crippen LogP contribution >= 0.6 is 15.9 Å². The van der Waals surface area contributed by atoms with E-state index in [-0.39, 0.29) is 5.82 Å². The third-order valence-electron chi connectivity index (χ3n) is 2.94. The molecule has 0 aliphatic rings. The average Bonchev–Trinajstić information content (AvgIpc) is 2.36. The summed E-state index contributed by atoms with van der Waals surface area (Å²) < 4.78 is 19.1. The lowest BCUT2D eigenvalue weighted by Crippen LogP contribution is -2.01. The fraction of sp³-hybridized carbons (Fsp3) is 0.200. The van der Waals surface area contributed by atoms with Gasteiger partial charge in [0.2, 0.25) is 0 Å². The molecule has 19 heavy (non-hydrogen) atoms. The Labute approximate surface area is 120 Å². The van der Waals surface area contributed by atoms with Crippen LogP contribution in [-0.4, -0.2) is 12.2 Å². The highest BCUT2D eigenvalue weighted by molar-refractivity contribution is 9.10. The first-order valence-electron chi connectivity index (χ1n) is 5.80. The highest BCUT2D eigenvalue weighted by Crippen LogP contribution is 2.28. The molecule has 0 bridgehead atoms. The number of ether oxygens (including phenoxy) is 1. The van der Waals surface area contributed by atoms with E-state index in [0.29, 0.717) is 15.6 Å². The minimum atomic E-state index is -0.864. The summed E-state index contributed by atoms with van der Waals surface area (Å²) in [6.07, 6.45) is -0.864. The van der Waals surface area contributed by atoms with E-state index in [0.717, 1.165) is 11.3 Å². The second kappa shape index (κ2) is 5.72. The Bertz CT molecular complexity index is 578. The van der Waals surface area contributed by atoms with Gasteiger partial charge < -0.3 is 9.84 Å². The standard InChI is InChI=1S/C15H14BrFO2/c1-9-5-10(3-4-14(9)19-2)15(18)11-6-12(16)8-13(17)7-11/h3-8,15,18H,1-2H3. The van der Waals surface area contributed by atoms with E-state index >= 15 is 0 Å². The van der Waals surface area contributed by atoms with Crippen molar-refractivity contribution in [1.29, 1.82) is 0 Å². The number of hydrogen-bond acceptors (Lipinski definition) is 2. The van der Waals surface area contributed by atoms with Crippen LogP contribution in [0.1, 0.15) is 22.8 Å². The molecule has 2 nitrogen and oxygen atoms in total. The van der Waals surface area contributed by atoms with Crippen LogP contribution in [0.5, 0.6) is 5.75 Å². The van der Waals surface area contributed by atoms with Crippen LogP contribution in [0, 0.1) is 12.7 Å². The second-order valence-corrected chi connectivity index (χ2v) is 5.25. The number of methoxy groups -OCH3 is 1. The lowest BCUT2D eigenvalue weighted by atomic mass is 9.99. The molecule has 4 heteroatoms. The quantitative estimate of drug-likeness (QED) is 0.925. The molecule has 0 saturated heterocycles. The zero-order chi connectivity index (χ0) is 14.0. The van der Waals surface area contributed by atoms with E-state index in [1.165, 1.54) is 12.1 Å². The number of halogens is 2. The maximum atomic E-state index is 13.3. The van der Waals surface area contributed by atoms with Crippen molar-refractivity contribution in [1.82, 2.24) is 0 Å². The molecule has 1 N–H and O–H groups in total. The van der Waals surface area contributed by atoms with Gasteiger partial charge in [-0.3, -0.25) is 0 Å². The van der Waals surface area contributed by atoms with Gasteiger partial charge in [-0.1, -0.05) is 22.0 Å². The summed E-state index contributed by atoms with van der Waals surface area (Å²) in [6.45, 7) is 1.90. The first-order chi connectivity index (χ1) is 9.01. The first-order valence-corrected chi connectivity index (χ1v) is 6.59. The summed E-state index contributed by atoms with van der Waals surface area (Å²) in [4.78, 5) is 0. The van der Waals surface area contributed by atoms with Crippen molar-refractivity contribution >= 4 is 15.9 Å². The SMILES string of the molecule is COc1ccc(C(O)c2cc(F)cc(Br)c2)cc1C. The monoisotopic (exact) mass is 324 g/mol. The zero-order valence-corrected chi connectivity index (χ0v) is 12.2. The summed E-state index contributed by atoms with van der Waals surface area (Å²) in [7, 11) is 1.60. The van der Waals surface area contributed by atoms with E-state index in [9.17, 15) is 9.50 Å². The average molecular weight is 325 g/mol. The van der Waals surface area contributed by atoms with Gasteiger partial charge in [0, 0.05) is 4.47 Å². The minimum Gasteiger partial charge on any atom is -0.496 e. The number of aliphatic hydroxyl groups excluding tert-OH is 1. The van der Waals surface area contributed by atoms with Crippen molar-refractivity contribution in [2.45, 2.75) is 13.0 Å². The highest BCUT2D eigenvalue weighted by atomic mass is 79.9. The van der Waals surface area contributed by atoms with Crippen LogP contribution in [-0.2, 0) is 0 Å². The Morgan fingerprint density at radius 2 is 1.89 bits per heavy atom. The number of rotatable bonds is 3. The molecule has 2 aromatic rings. The number of hydrogen-bond donors (Lipinski definition) is 1. The molecule has 0 aliphatic carbocycles. The van der Waals surface area contributed by atoms with Crippen molar-refractivity contribution in [3.05, 3.63) is 63.4 Å². The van der Waals surface area contributed by atoms with Gasteiger partial charge in [-0.05, 0) is 53.9 Å². The summed E-state index contributed by atoms with van der Waals surface area (Å²) in [5.74, 6) is 0.380. The van der Waals surface area contributed by atoms with Crippen molar-refractivity contribution < 1.29 is 14.2 Å².